The molecule has 35 heavy (non-hydrogen) atoms. The predicted molar refractivity (Wildman–Crippen MR) is 147 cm³/mol. The van der Waals surface area contributed by atoms with Gasteiger partial charge in [0.1, 0.15) is 5.52 Å². The number of hydrogen-bond donors (Lipinski definition) is 0. The highest BCUT2D eigenvalue weighted by molar-refractivity contribution is 7.26. The molecule has 3 aromatic heterocycles. The minimum atomic E-state index is 0.664. The van der Waals surface area contributed by atoms with Gasteiger partial charge in [0.05, 0.1) is 5.52 Å². The van der Waals surface area contributed by atoms with Crippen molar-refractivity contribution in [2.24, 2.45) is 0 Å². The van der Waals surface area contributed by atoms with E-state index in [4.69, 9.17) is 9.40 Å². The van der Waals surface area contributed by atoms with Crippen LogP contribution in [0.1, 0.15) is 17.7 Å². The molecule has 7 aromatic rings. The van der Waals surface area contributed by atoms with Crippen molar-refractivity contribution in [3.05, 3.63) is 102 Å². The van der Waals surface area contributed by atoms with Crippen molar-refractivity contribution in [1.29, 1.82) is 0 Å². The zero-order valence-electron chi connectivity index (χ0n) is 18.9. The highest BCUT2D eigenvalue weighted by Gasteiger charge is 2.19. The highest BCUT2D eigenvalue weighted by atomic mass is 32.1. The number of allylic oxidation sites excluding steroid dienone is 1. The Morgan fingerprint density at radius 2 is 1.63 bits per heavy atom. The van der Waals surface area contributed by atoms with E-state index < -0.39 is 0 Å². The van der Waals surface area contributed by atoms with Crippen molar-refractivity contribution < 1.29 is 4.42 Å². The molecular weight excluding hydrogens is 448 g/mol. The van der Waals surface area contributed by atoms with Gasteiger partial charge in [0, 0.05) is 48.1 Å². The van der Waals surface area contributed by atoms with Gasteiger partial charge in [0.2, 0.25) is 5.89 Å². The molecule has 0 N–H and O–H groups in total. The van der Waals surface area contributed by atoms with Crippen LogP contribution in [0.5, 0.6) is 0 Å². The number of benzene rings is 4. The Balaban J connectivity index is 1.27. The Morgan fingerprint density at radius 1 is 0.800 bits per heavy atom. The first-order valence-corrected chi connectivity index (χ1v) is 12.8. The molecule has 3 nitrogen and oxygen atoms in total. The third kappa shape index (κ3) is 2.74. The largest absolute Gasteiger partial charge is 0.435 e. The number of aromatic nitrogens is 2. The average molecular weight is 469 g/mol. The van der Waals surface area contributed by atoms with Crippen LogP contribution in [0.25, 0.3) is 65.4 Å². The molecule has 1 aliphatic carbocycles. The van der Waals surface area contributed by atoms with Crippen molar-refractivity contribution in [1.82, 2.24) is 9.55 Å². The normalized spacial score (nSPS) is 13.4. The number of para-hydroxylation sites is 1. The molecule has 0 radical (unpaired) electrons. The van der Waals surface area contributed by atoms with E-state index in [-0.39, 0.29) is 0 Å². The van der Waals surface area contributed by atoms with E-state index in [1.54, 1.807) is 11.3 Å². The van der Waals surface area contributed by atoms with E-state index in [2.05, 4.69) is 102 Å². The van der Waals surface area contributed by atoms with Gasteiger partial charge in [-0.25, -0.2) is 4.98 Å². The lowest BCUT2D eigenvalue weighted by atomic mass is 10.0. The van der Waals surface area contributed by atoms with Gasteiger partial charge < -0.3 is 8.98 Å². The topological polar surface area (TPSA) is 31.0 Å². The second kappa shape index (κ2) is 7.17. The maximum absolute atomic E-state index is 6.40. The van der Waals surface area contributed by atoms with Crippen LogP contribution in [0, 0.1) is 0 Å². The number of rotatable bonds is 2. The van der Waals surface area contributed by atoms with E-state index >= 15 is 0 Å². The second-order valence-corrected chi connectivity index (χ2v) is 10.2. The third-order valence-electron chi connectivity index (χ3n) is 7.12. The molecule has 0 spiro atoms. The summed E-state index contributed by atoms with van der Waals surface area (Å²) in [7, 11) is 0. The molecule has 3 heterocycles. The first-order valence-electron chi connectivity index (χ1n) is 12.0. The van der Waals surface area contributed by atoms with Gasteiger partial charge in [0.25, 0.3) is 0 Å². The Kier molecular flexibility index (Phi) is 3.93. The van der Waals surface area contributed by atoms with E-state index in [0.29, 0.717) is 5.89 Å². The number of nitrogens with zero attached hydrogens (tertiary/aromatic N) is 2. The lowest BCUT2D eigenvalue weighted by Gasteiger charge is -2.13. The van der Waals surface area contributed by atoms with Crippen LogP contribution < -0.4 is 0 Å². The maximum atomic E-state index is 6.40. The predicted octanol–water partition coefficient (Wildman–Crippen LogP) is 8.77. The van der Waals surface area contributed by atoms with Crippen LogP contribution in [-0.2, 0) is 6.42 Å². The van der Waals surface area contributed by atoms with Gasteiger partial charge >= 0.3 is 0 Å². The maximum Gasteiger partial charge on any atom is 0.227 e. The van der Waals surface area contributed by atoms with Gasteiger partial charge in [-0.15, -0.1) is 11.3 Å². The SMILES string of the molecule is C1=Cc2c(n(-c3ccc(-c4nc5ccc6sc7ccccc7c6c5o4)cc3)c3ccccc23)CC1. The molecule has 8 rings (SSSR count). The fourth-order valence-corrected chi connectivity index (χ4v) is 6.64. The molecule has 0 aliphatic heterocycles. The van der Waals surface area contributed by atoms with Crippen LogP contribution in [0.3, 0.4) is 0 Å². The minimum Gasteiger partial charge on any atom is -0.435 e. The zero-order valence-corrected chi connectivity index (χ0v) is 19.7. The lowest BCUT2D eigenvalue weighted by molar-refractivity contribution is 0.623. The summed E-state index contributed by atoms with van der Waals surface area (Å²) in [5, 5.41) is 3.71. The summed E-state index contributed by atoms with van der Waals surface area (Å²) in [6.07, 6.45) is 6.69. The molecule has 4 aromatic carbocycles. The lowest BCUT2D eigenvalue weighted by Crippen LogP contribution is -2.02. The zero-order chi connectivity index (χ0) is 22.9. The summed E-state index contributed by atoms with van der Waals surface area (Å²) in [5.74, 6) is 0.664. The molecule has 0 bridgehead atoms. The molecule has 0 unspecified atom stereocenters. The number of oxazole rings is 1. The Morgan fingerprint density at radius 3 is 2.54 bits per heavy atom. The number of thiophene rings is 1. The highest BCUT2D eigenvalue weighted by Crippen LogP contribution is 2.40. The minimum absolute atomic E-state index is 0.664. The Hall–Kier alpha value is -4.15. The first-order chi connectivity index (χ1) is 17.3. The Bertz CT molecular complexity index is 1950. The number of fused-ring (bicyclic) bond motifs is 8. The monoisotopic (exact) mass is 468 g/mol. The molecule has 0 fully saturated rings. The van der Waals surface area contributed by atoms with Crippen molar-refractivity contribution in [3.63, 3.8) is 0 Å². The molecule has 1 aliphatic rings. The van der Waals surface area contributed by atoms with Crippen molar-refractivity contribution in [2.75, 3.05) is 0 Å². The molecule has 166 valence electrons. The van der Waals surface area contributed by atoms with Crippen molar-refractivity contribution in [3.8, 4) is 17.1 Å². The third-order valence-corrected chi connectivity index (χ3v) is 8.25. The summed E-state index contributed by atoms with van der Waals surface area (Å²) >= 11 is 1.80. The second-order valence-electron chi connectivity index (χ2n) is 9.11. The van der Waals surface area contributed by atoms with Crippen LogP contribution in [-0.4, -0.2) is 9.55 Å². The van der Waals surface area contributed by atoms with Gasteiger partial charge in [-0.2, -0.15) is 0 Å². The molecular formula is C31H20N2OS. The number of hydrogen-bond acceptors (Lipinski definition) is 3. The smallest absolute Gasteiger partial charge is 0.227 e. The van der Waals surface area contributed by atoms with Crippen LogP contribution >= 0.6 is 11.3 Å². The average Bonchev–Trinajstić information content (AvgIpc) is 3.60. The van der Waals surface area contributed by atoms with Gasteiger partial charge in [-0.3, -0.25) is 0 Å². The summed E-state index contributed by atoms with van der Waals surface area (Å²) < 4.78 is 11.3. The van der Waals surface area contributed by atoms with Crippen LogP contribution in [0.4, 0.5) is 0 Å². The Labute approximate surface area is 205 Å². The van der Waals surface area contributed by atoms with E-state index in [1.165, 1.54) is 42.6 Å². The summed E-state index contributed by atoms with van der Waals surface area (Å²) in [6.45, 7) is 0. The van der Waals surface area contributed by atoms with Crippen molar-refractivity contribution in [2.45, 2.75) is 12.8 Å². The summed E-state index contributed by atoms with van der Waals surface area (Å²) in [4.78, 5) is 4.85. The van der Waals surface area contributed by atoms with Crippen molar-refractivity contribution >= 4 is 59.6 Å². The summed E-state index contributed by atoms with van der Waals surface area (Å²) in [5.41, 5.74) is 7.92. The van der Waals surface area contributed by atoms with Crippen LogP contribution in [0.2, 0.25) is 0 Å². The van der Waals surface area contributed by atoms with Gasteiger partial charge in [-0.05, 0) is 61.4 Å². The molecule has 0 atom stereocenters. The van der Waals surface area contributed by atoms with E-state index in [0.717, 1.165) is 34.9 Å². The van der Waals surface area contributed by atoms with Gasteiger partial charge in [0.15, 0.2) is 5.58 Å². The fourth-order valence-electron chi connectivity index (χ4n) is 5.54. The van der Waals surface area contributed by atoms with E-state index in [1.807, 2.05) is 0 Å². The first kappa shape index (κ1) is 19.2. The molecule has 0 saturated heterocycles. The quantitative estimate of drug-likeness (QED) is 0.254. The van der Waals surface area contributed by atoms with Crippen LogP contribution in [0.15, 0.2) is 95.4 Å². The molecule has 0 amide bonds. The van der Waals surface area contributed by atoms with E-state index in [9.17, 15) is 0 Å². The fraction of sp³-hybridized carbons (Fsp3) is 0.0645. The summed E-state index contributed by atoms with van der Waals surface area (Å²) in [6, 6.07) is 30.0. The molecule has 4 heteroatoms. The van der Waals surface area contributed by atoms with Gasteiger partial charge in [-0.1, -0.05) is 48.6 Å². The standard InChI is InChI=1S/C31H20N2OS/c1-4-10-25-21(7-1)22-8-2-5-11-26(22)33(25)20-15-13-19(14-16-20)31-32-24-17-18-28-29(30(24)34-31)23-9-3-6-12-27(23)35-28/h1-4,6-10,12-18H,5,11H2. The molecule has 0 saturated carbocycles.